The van der Waals surface area contributed by atoms with E-state index in [0.717, 1.165) is 22.1 Å². The molecule has 0 saturated heterocycles. The van der Waals surface area contributed by atoms with Gasteiger partial charge >= 0.3 is 5.97 Å². The first kappa shape index (κ1) is 13.1. The summed E-state index contributed by atoms with van der Waals surface area (Å²) in [5, 5.41) is 9.33. The first-order valence-electron chi connectivity index (χ1n) is 4.89. The second-order valence-corrected chi connectivity index (χ2v) is 4.92. The molecule has 0 aliphatic heterocycles. The van der Waals surface area contributed by atoms with Crippen LogP contribution in [0.3, 0.4) is 0 Å². The van der Waals surface area contributed by atoms with Crippen LogP contribution in [0.4, 0.5) is 0 Å². The maximum atomic E-state index is 10.5. The van der Waals surface area contributed by atoms with E-state index in [0.29, 0.717) is 6.42 Å². The molecule has 1 aromatic rings. The Morgan fingerprint density at radius 1 is 1.38 bits per heavy atom. The molecule has 86 valence electrons. The number of hydrogen-bond acceptors (Lipinski definition) is 2. The molecule has 2 nitrogen and oxygen atoms in total. The molecule has 0 amide bonds. The predicted octanol–water partition coefficient (Wildman–Crippen LogP) is 3.85. The van der Waals surface area contributed by atoms with Crippen LogP contribution in [0.2, 0.25) is 5.02 Å². The van der Waals surface area contributed by atoms with Gasteiger partial charge in [-0.1, -0.05) is 18.2 Å². The maximum Gasteiger partial charge on any atom is 0.330 e. The number of carbonyl (C=O) groups is 1. The quantitative estimate of drug-likeness (QED) is 0.477. The third kappa shape index (κ3) is 4.73. The largest absolute Gasteiger partial charge is 0.478 e. The van der Waals surface area contributed by atoms with Crippen LogP contribution in [0.1, 0.15) is 12.8 Å². The lowest BCUT2D eigenvalue weighted by molar-refractivity contribution is -0.132. The zero-order valence-electron chi connectivity index (χ0n) is 8.78. The van der Waals surface area contributed by atoms with Crippen LogP contribution in [0.5, 0.6) is 0 Å². The Labute approximate surface area is 104 Å². The van der Waals surface area contributed by atoms with E-state index in [9.17, 15) is 4.79 Å². The summed E-state index contributed by atoms with van der Waals surface area (Å²) in [5.41, 5.74) is 0.275. The fourth-order valence-corrected chi connectivity index (χ4v) is 2.09. The van der Waals surface area contributed by atoms with Gasteiger partial charge in [-0.15, -0.1) is 11.8 Å². The summed E-state index contributed by atoms with van der Waals surface area (Å²) < 4.78 is 0. The molecule has 0 aliphatic rings. The topological polar surface area (TPSA) is 37.3 Å². The first-order chi connectivity index (χ1) is 7.59. The fourth-order valence-electron chi connectivity index (χ4n) is 1.11. The number of benzene rings is 1. The third-order valence-corrected chi connectivity index (χ3v) is 3.36. The highest BCUT2D eigenvalue weighted by molar-refractivity contribution is 7.99. The van der Waals surface area contributed by atoms with Crippen LogP contribution < -0.4 is 0 Å². The molecule has 0 unspecified atom stereocenters. The van der Waals surface area contributed by atoms with Crippen LogP contribution in [-0.4, -0.2) is 16.8 Å². The number of carboxylic acid groups (broad SMARTS) is 1. The standard InChI is InChI=1S/C12H13ClO2S/c1-9(12(14)15)3-2-8-16-11-6-4-10(13)5-7-11/h4-7H,1-3,8H2,(H,14,15). The summed E-state index contributed by atoms with van der Waals surface area (Å²) in [4.78, 5) is 11.6. The van der Waals surface area contributed by atoms with Crippen molar-refractivity contribution in [2.45, 2.75) is 17.7 Å². The highest BCUT2D eigenvalue weighted by Gasteiger charge is 2.03. The number of rotatable bonds is 6. The Hall–Kier alpha value is -0.930. The molecule has 1 rings (SSSR count). The smallest absolute Gasteiger partial charge is 0.330 e. The van der Waals surface area contributed by atoms with Crippen LogP contribution in [0, 0.1) is 0 Å². The predicted molar refractivity (Wildman–Crippen MR) is 68.2 cm³/mol. The Balaban J connectivity index is 2.23. The summed E-state index contributed by atoms with van der Waals surface area (Å²) in [6.07, 6.45) is 1.36. The van der Waals surface area contributed by atoms with Crippen molar-refractivity contribution in [2.24, 2.45) is 0 Å². The third-order valence-electron chi connectivity index (χ3n) is 2.01. The lowest BCUT2D eigenvalue weighted by Gasteiger charge is -2.02. The van der Waals surface area contributed by atoms with E-state index < -0.39 is 5.97 Å². The van der Waals surface area contributed by atoms with Crippen molar-refractivity contribution in [1.29, 1.82) is 0 Å². The summed E-state index contributed by atoms with van der Waals surface area (Å²) >= 11 is 7.45. The van der Waals surface area contributed by atoms with Gasteiger partial charge in [-0.2, -0.15) is 0 Å². The Morgan fingerprint density at radius 2 is 2.00 bits per heavy atom. The monoisotopic (exact) mass is 256 g/mol. The molecule has 0 saturated carbocycles. The van der Waals surface area contributed by atoms with Gasteiger partial charge in [-0.05, 0) is 42.9 Å². The second kappa shape index (κ2) is 6.61. The second-order valence-electron chi connectivity index (χ2n) is 3.31. The van der Waals surface area contributed by atoms with Crippen molar-refractivity contribution in [3.8, 4) is 0 Å². The van der Waals surface area contributed by atoms with Gasteiger partial charge in [-0.25, -0.2) is 4.79 Å². The molecule has 0 spiro atoms. The number of halogens is 1. The molecule has 0 radical (unpaired) electrons. The van der Waals surface area contributed by atoms with Crippen molar-refractivity contribution in [3.05, 3.63) is 41.4 Å². The average Bonchev–Trinajstić information content (AvgIpc) is 2.26. The minimum Gasteiger partial charge on any atom is -0.478 e. The lowest BCUT2D eigenvalue weighted by atomic mass is 10.2. The average molecular weight is 257 g/mol. The molecule has 0 heterocycles. The van der Waals surface area contributed by atoms with E-state index in [-0.39, 0.29) is 5.57 Å². The van der Waals surface area contributed by atoms with Gasteiger partial charge in [0.1, 0.15) is 0 Å². The molecular weight excluding hydrogens is 244 g/mol. The molecule has 0 bridgehead atoms. The molecule has 16 heavy (non-hydrogen) atoms. The van der Waals surface area contributed by atoms with Gasteiger partial charge in [0.2, 0.25) is 0 Å². The van der Waals surface area contributed by atoms with E-state index in [1.165, 1.54) is 0 Å². The van der Waals surface area contributed by atoms with Crippen molar-refractivity contribution in [3.63, 3.8) is 0 Å². The molecule has 1 N–H and O–H groups in total. The molecule has 4 heteroatoms. The van der Waals surface area contributed by atoms with Crippen LogP contribution in [-0.2, 0) is 4.79 Å². The minimum absolute atomic E-state index is 0.275. The maximum absolute atomic E-state index is 10.5. The van der Waals surface area contributed by atoms with Gasteiger partial charge in [-0.3, -0.25) is 0 Å². The van der Waals surface area contributed by atoms with E-state index in [1.54, 1.807) is 11.8 Å². The van der Waals surface area contributed by atoms with Crippen molar-refractivity contribution in [1.82, 2.24) is 0 Å². The number of thioether (sulfide) groups is 1. The highest BCUT2D eigenvalue weighted by Crippen LogP contribution is 2.21. The molecular formula is C12H13ClO2S. The van der Waals surface area contributed by atoms with Crippen LogP contribution in [0.25, 0.3) is 0 Å². The SMILES string of the molecule is C=C(CCCSc1ccc(Cl)cc1)C(=O)O. The van der Waals surface area contributed by atoms with Crippen molar-refractivity contribution in [2.75, 3.05) is 5.75 Å². The van der Waals surface area contributed by atoms with E-state index in [2.05, 4.69) is 6.58 Å². The fraction of sp³-hybridized carbons (Fsp3) is 0.250. The van der Waals surface area contributed by atoms with Crippen LogP contribution in [0.15, 0.2) is 41.3 Å². The summed E-state index contributed by atoms with van der Waals surface area (Å²) in [6.45, 7) is 3.48. The Morgan fingerprint density at radius 3 is 2.56 bits per heavy atom. The number of aliphatic carboxylic acids is 1. The van der Waals surface area contributed by atoms with E-state index >= 15 is 0 Å². The normalized spacial score (nSPS) is 10.1. The molecule has 1 aromatic carbocycles. The Bertz CT molecular complexity index is 373. The van der Waals surface area contributed by atoms with E-state index in [1.807, 2.05) is 24.3 Å². The van der Waals surface area contributed by atoms with Crippen molar-refractivity contribution >= 4 is 29.3 Å². The summed E-state index contributed by atoms with van der Waals surface area (Å²) in [5.74, 6) is -0.0232. The van der Waals surface area contributed by atoms with Gasteiger partial charge in [0.25, 0.3) is 0 Å². The summed E-state index contributed by atoms with van der Waals surface area (Å²) in [7, 11) is 0. The van der Waals surface area contributed by atoms with Gasteiger partial charge in [0.15, 0.2) is 0 Å². The van der Waals surface area contributed by atoms with E-state index in [4.69, 9.17) is 16.7 Å². The van der Waals surface area contributed by atoms with Gasteiger partial charge < -0.3 is 5.11 Å². The molecule has 0 aliphatic carbocycles. The van der Waals surface area contributed by atoms with Crippen LogP contribution >= 0.6 is 23.4 Å². The Kier molecular flexibility index (Phi) is 5.43. The zero-order valence-corrected chi connectivity index (χ0v) is 10.4. The number of hydrogen-bond donors (Lipinski definition) is 1. The first-order valence-corrected chi connectivity index (χ1v) is 6.25. The van der Waals surface area contributed by atoms with Crippen molar-refractivity contribution < 1.29 is 9.90 Å². The minimum atomic E-state index is -0.906. The molecule has 0 aromatic heterocycles. The number of carboxylic acids is 1. The molecule has 0 atom stereocenters. The lowest BCUT2D eigenvalue weighted by Crippen LogP contribution is -1.98. The molecule has 0 fully saturated rings. The van der Waals surface area contributed by atoms with Gasteiger partial charge in [0.05, 0.1) is 0 Å². The summed E-state index contributed by atoms with van der Waals surface area (Å²) in [6, 6.07) is 7.61. The van der Waals surface area contributed by atoms with Gasteiger partial charge in [0, 0.05) is 15.5 Å². The highest BCUT2D eigenvalue weighted by atomic mass is 35.5. The zero-order chi connectivity index (χ0) is 12.0.